The molecule has 2 nitrogen and oxygen atoms in total. The van der Waals surface area contributed by atoms with Crippen LogP contribution in [0.15, 0.2) is 156 Å². The fourth-order valence-electron chi connectivity index (χ4n) is 6.44. The third-order valence-corrected chi connectivity index (χ3v) is 9.59. The van der Waals surface area contributed by atoms with Crippen molar-refractivity contribution in [2.24, 2.45) is 0 Å². The molecule has 2 aromatic heterocycles. The Morgan fingerprint density at radius 2 is 1.16 bits per heavy atom. The maximum atomic E-state index is 6.37. The van der Waals surface area contributed by atoms with E-state index in [9.17, 15) is 0 Å². The molecule has 0 saturated heterocycles. The SMILES string of the molecule is c1ccc(-c2ccc(N(c3ccc4c(ccc5c6ccccc6oc45)c3)c3cccc4sc5ccccc5c34)cc2)cc1. The van der Waals surface area contributed by atoms with Gasteiger partial charge in [-0.3, -0.25) is 0 Å². The number of benzene rings is 7. The Labute approximate surface area is 252 Å². The van der Waals surface area contributed by atoms with Gasteiger partial charge in [0, 0.05) is 47.7 Å². The number of para-hydroxylation sites is 1. The summed E-state index contributed by atoms with van der Waals surface area (Å²) in [7, 11) is 0. The molecule has 9 rings (SSSR count). The largest absolute Gasteiger partial charge is 0.455 e. The number of hydrogen-bond acceptors (Lipinski definition) is 3. The van der Waals surface area contributed by atoms with Crippen LogP contribution < -0.4 is 4.90 Å². The molecule has 2 heterocycles. The van der Waals surface area contributed by atoms with Gasteiger partial charge in [-0.25, -0.2) is 0 Å². The molecule has 0 N–H and O–H groups in total. The van der Waals surface area contributed by atoms with E-state index in [1.165, 1.54) is 37.0 Å². The minimum atomic E-state index is 0.922. The Morgan fingerprint density at radius 3 is 2.05 bits per heavy atom. The molecule has 202 valence electrons. The van der Waals surface area contributed by atoms with Crippen LogP contribution in [0.4, 0.5) is 17.1 Å². The Morgan fingerprint density at radius 1 is 0.465 bits per heavy atom. The molecular weight excluding hydrogens is 543 g/mol. The van der Waals surface area contributed by atoms with Gasteiger partial charge in [-0.15, -0.1) is 11.3 Å². The van der Waals surface area contributed by atoms with E-state index >= 15 is 0 Å². The first-order valence-electron chi connectivity index (χ1n) is 14.5. The van der Waals surface area contributed by atoms with Crippen LogP contribution in [0.3, 0.4) is 0 Å². The van der Waals surface area contributed by atoms with Crippen molar-refractivity contribution in [2.45, 2.75) is 0 Å². The summed E-state index contributed by atoms with van der Waals surface area (Å²) in [5, 5.41) is 7.14. The standard InChI is InChI=1S/C40H25NOS/c1-2-9-26(10-3-1)27-17-20-29(21-18-27)41(35-13-8-16-38-39(35)34-12-5-7-15-37(34)43-38)30-22-24-31-28(25-30)19-23-33-32-11-4-6-14-36(32)42-40(31)33/h1-25H. The number of anilines is 3. The van der Waals surface area contributed by atoms with Gasteiger partial charge < -0.3 is 9.32 Å². The van der Waals surface area contributed by atoms with Crippen LogP contribution in [0.25, 0.3) is 64.0 Å². The molecule has 0 saturated carbocycles. The van der Waals surface area contributed by atoms with E-state index in [0.717, 1.165) is 44.1 Å². The van der Waals surface area contributed by atoms with Crippen LogP contribution in [0.1, 0.15) is 0 Å². The predicted molar refractivity (Wildman–Crippen MR) is 184 cm³/mol. The van der Waals surface area contributed by atoms with Crippen LogP contribution in [-0.4, -0.2) is 0 Å². The number of furan rings is 1. The zero-order chi connectivity index (χ0) is 28.3. The van der Waals surface area contributed by atoms with Crippen molar-refractivity contribution >= 4 is 81.3 Å². The summed E-state index contributed by atoms with van der Waals surface area (Å²) in [6, 6.07) is 54.3. The maximum absolute atomic E-state index is 6.37. The van der Waals surface area contributed by atoms with Crippen molar-refractivity contribution in [3.05, 3.63) is 152 Å². The summed E-state index contributed by atoms with van der Waals surface area (Å²) in [6.45, 7) is 0. The minimum Gasteiger partial charge on any atom is -0.455 e. The summed E-state index contributed by atoms with van der Waals surface area (Å²) in [5.41, 5.74) is 7.68. The molecule has 9 aromatic rings. The lowest BCUT2D eigenvalue weighted by atomic mass is 10.0. The summed E-state index contributed by atoms with van der Waals surface area (Å²) >= 11 is 1.85. The van der Waals surface area contributed by atoms with E-state index in [1.807, 2.05) is 23.5 Å². The highest BCUT2D eigenvalue weighted by atomic mass is 32.1. The quantitative estimate of drug-likeness (QED) is 0.210. The van der Waals surface area contributed by atoms with E-state index in [-0.39, 0.29) is 0 Å². The van der Waals surface area contributed by atoms with Crippen molar-refractivity contribution in [3.63, 3.8) is 0 Å². The molecule has 0 radical (unpaired) electrons. The Balaban J connectivity index is 1.27. The first-order chi connectivity index (χ1) is 21.3. The van der Waals surface area contributed by atoms with E-state index in [0.29, 0.717) is 0 Å². The highest BCUT2D eigenvalue weighted by Gasteiger charge is 2.19. The van der Waals surface area contributed by atoms with Gasteiger partial charge in [0.05, 0.1) is 5.69 Å². The van der Waals surface area contributed by atoms with Crippen LogP contribution in [0.2, 0.25) is 0 Å². The van der Waals surface area contributed by atoms with E-state index in [2.05, 4.69) is 144 Å². The van der Waals surface area contributed by atoms with Gasteiger partial charge in [-0.05, 0) is 77.2 Å². The molecule has 0 fully saturated rings. The first kappa shape index (κ1) is 24.2. The van der Waals surface area contributed by atoms with Crippen LogP contribution in [0.5, 0.6) is 0 Å². The molecular formula is C40H25NOS. The van der Waals surface area contributed by atoms with Gasteiger partial charge >= 0.3 is 0 Å². The smallest absolute Gasteiger partial charge is 0.143 e. The number of thiophene rings is 1. The second-order valence-electron chi connectivity index (χ2n) is 10.9. The first-order valence-corrected chi connectivity index (χ1v) is 15.3. The molecule has 0 aliphatic heterocycles. The van der Waals surface area contributed by atoms with Crippen LogP contribution in [0, 0.1) is 0 Å². The molecule has 0 atom stereocenters. The maximum Gasteiger partial charge on any atom is 0.143 e. The summed E-state index contributed by atoms with van der Waals surface area (Å²) in [5.74, 6) is 0. The lowest BCUT2D eigenvalue weighted by molar-refractivity contribution is 0.672. The van der Waals surface area contributed by atoms with Gasteiger partial charge in [-0.2, -0.15) is 0 Å². The predicted octanol–water partition coefficient (Wildman–Crippen LogP) is 12.2. The molecule has 0 spiro atoms. The zero-order valence-corrected chi connectivity index (χ0v) is 24.0. The van der Waals surface area contributed by atoms with E-state index in [4.69, 9.17) is 4.42 Å². The van der Waals surface area contributed by atoms with Gasteiger partial charge in [0.1, 0.15) is 11.2 Å². The topological polar surface area (TPSA) is 16.4 Å². The molecule has 0 unspecified atom stereocenters. The molecule has 0 aliphatic rings. The third kappa shape index (κ3) is 3.86. The van der Waals surface area contributed by atoms with Crippen molar-refractivity contribution in [1.29, 1.82) is 0 Å². The average molecular weight is 568 g/mol. The van der Waals surface area contributed by atoms with Crippen LogP contribution in [-0.2, 0) is 0 Å². The highest BCUT2D eigenvalue weighted by Crippen LogP contribution is 2.46. The average Bonchev–Trinajstić information content (AvgIpc) is 3.65. The number of fused-ring (bicyclic) bond motifs is 8. The van der Waals surface area contributed by atoms with Crippen molar-refractivity contribution in [1.82, 2.24) is 0 Å². The molecule has 0 amide bonds. The Bertz CT molecular complexity index is 2450. The van der Waals surface area contributed by atoms with Gasteiger partial charge in [-0.1, -0.05) is 91.0 Å². The summed E-state index contributed by atoms with van der Waals surface area (Å²) in [4.78, 5) is 2.40. The fraction of sp³-hybridized carbons (Fsp3) is 0. The Kier molecular flexibility index (Phi) is 5.40. The Hall–Kier alpha value is -5.38. The lowest BCUT2D eigenvalue weighted by Gasteiger charge is -2.27. The van der Waals surface area contributed by atoms with Crippen molar-refractivity contribution in [2.75, 3.05) is 4.90 Å². The monoisotopic (exact) mass is 567 g/mol. The zero-order valence-electron chi connectivity index (χ0n) is 23.2. The number of hydrogen-bond donors (Lipinski definition) is 0. The minimum absolute atomic E-state index is 0.922. The normalized spacial score (nSPS) is 11.7. The number of nitrogens with zero attached hydrogens (tertiary/aromatic N) is 1. The second kappa shape index (κ2) is 9.59. The van der Waals surface area contributed by atoms with Crippen molar-refractivity contribution in [3.8, 4) is 11.1 Å². The van der Waals surface area contributed by atoms with E-state index in [1.54, 1.807) is 0 Å². The molecule has 7 aromatic carbocycles. The van der Waals surface area contributed by atoms with Gasteiger partial charge in [0.2, 0.25) is 0 Å². The molecule has 3 heteroatoms. The molecule has 0 aliphatic carbocycles. The van der Waals surface area contributed by atoms with Gasteiger partial charge in [0.15, 0.2) is 0 Å². The second-order valence-corrected chi connectivity index (χ2v) is 12.0. The van der Waals surface area contributed by atoms with Crippen molar-refractivity contribution < 1.29 is 4.42 Å². The lowest BCUT2D eigenvalue weighted by Crippen LogP contribution is -2.10. The van der Waals surface area contributed by atoms with Gasteiger partial charge in [0.25, 0.3) is 0 Å². The molecule has 0 bridgehead atoms. The van der Waals surface area contributed by atoms with E-state index < -0.39 is 0 Å². The fourth-order valence-corrected chi connectivity index (χ4v) is 7.57. The highest BCUT2D eigenvalue weighted by molar-refractivity contribution is 7.26. The van der Waals surface area contributed by atoms with Crippen LogP contribution >= 0.6 is 11.3 Å². The third-order valence-electron chi connectivity index (χ3n) is 8.46. The summed E-state index contributed by atoms with van der Waals surface area (Å²) < 4.78 is 8.96. The number of rotatable bonds is 4. The summed E-state index contributed by atoms with van der Waals surface area (Å²) in [6.07, 6.45) is 0. The molecule has 43 heavy (non-hydrogen) atoms.